The summed E-state index contributed by atoms with van der Waals surface area (Å²) in [7, 11) is -3.75. The zero-order valence-electron chi connectivity index (χ0n) is 8.29. The number of hydrogen-bond acceptors (Lipinski definition) is 4. The number of rotatable bonds is 5. The predicted molar refractivity (Wildman–Crippen MR) is 55.5 cm³/mol. The summed E-state index contributed by atoms with van der Waals surface area (Å²) in [5.74, 6) is 0. The molecule has 0 fully saturated rings. The Labute approximate surface area is 89.3 Å². The van der Waals surface area contributed by atoms with Gasteiger partial charge in [-0.2, -0.15) is 8.42 Å². The summed E-state index contributed by atoms with van der Waals surface area (Å²) in [6.07, 6.45) is 0.248. The highest BCUT2D eigenvalue weighted by Gasteiger charge is 2.18. The minimum atomic E-state index is -3.75. The predicted octanol–water partition coefficient (Wildman–Crippen LogP) is 1.90. The lowest BCUT2D eigenvalue weighted by Crippen LogP contribution is -2.16. The largest absolute Gasteiger partial charge is 0.472 e. The summed E-state index contributed by atoms with van der Waals surface area (Å²) in [6.45, 7) is 4.78. The van der Waals surface area contributed by atoms with Crippen LogP contribution in [0.2, 0.25) is 0 Å². The zero-order valence-corrected chi connectivity index (χ0v) is 9.11. The Balaban J connectivity index is 2.81. The lowest BCUT2D eigenvalue weighted by molar-refractivity contribution is -0.00793. The van der Waals surface area contributed by atoms with Crippen molar-refractivity contribution < 1.29 is 17.3 Å². The molecule has 0 aromatic heterocycles. The molecule has 1 unspecified atom stereocenters. The molecule has 1 aromatic rings. The summed E-state index contributed by atoms with van der Waals surface area (Å²) in [5, 5.41) is 0. The van der Waals surface area contributed by atoms with Crippen LogP contribution in [0.1, 0.15) is 6.92 Å². The fourth-order valence-corrected chi connectivity index (χ4v) is 1.98. The van der Waals surface area contributed by atoms with Gasteiger partial charge in [-0.25, -0.2) is 4.18 Å². The molecule has 1 atom stereocenters. The van der Waals surface area contributed by atoms with Crippen LogP contribution in [0.25, 0.3) is 0 Å². The third-order valence-electron chi connectivity index (χ3n) is 1.58. The van der Waals surface area contributed by atoms with Crippen LogP contribution in [-0.2, 0) is 19.0 Å². The molecule has 5 heteroatoms. The first kappa shape index (κ1) is 11.7. The lowest BCUT2D eigenvalue weighted by atomic mass is 10.4. The van der Waals surface area contributed by atoms with Crippen molar-refractivity contribution in [2.45, 2.75) is 18.1 Å². The zero-order chi connectivity index (χ0) is 11.3. The van der Waals surface area contributed by atoms with Crippen LogP contribution in [0.3, 0.4) is 0 Å². The summed E-state index contributed by atoms with van der Waals surface area (Å²) in [5.41, 5.74) is 0. The van der Waals surface area contributed by atoms with Crippen LogP contribution in [-0.4, -0.2) is 14.7 Å². The van der Waals surface area contributed by atoms with E-state index in [1.165, 1.54) is 19.1 Å². The molecule has 0 radical (unpaired) electrons. The Kier molecular flexibility index (Phi) is 3.88. The third-order valence-corrected chi connectivity index (χ3v) is 2.96. The molecule has 0 saturated carbocycles. The van der Waals surface area contributed by atoms with Crippen molar-refractivity contribution in [1.29, 1.82) is 0 Å². The SMILES string of the molecule is C=COC(C)OS(=O)(=O)c1ccccc1. The van der Waals surface area contributed by atoms with E-state index >= 15 is 0 Å². The number of benzene rings is 1. The van der Waals surface area contributed by atoms with E-state index in [1.807, 2.05) is 0 Å². The van der Waals surface area contributed by atoms with Crippen molar-refractivity contribution in [2.24, 2.45) is 0 Å². The highest BCUT2D eigenvalue weighted by atomic mass is 32.2. The average Bonchev–Trinajstić information content (AvgIpc) is 2.18. The van der Waals surface area contributed by atoms with Gasteiger partial charge >= 0.3 is 0 Å². The van der Waals surface area contributed by atoms with E-state index in [0.29, 0.717) is 0 Å². The van der Waals surface area contributed by atoms with Gasteiger partial charge in [0.05, 0.1) is 11.2 Å². The highest BCUT2D eigenvalue weighted by molar-refractivity contribution is 7.86. The second kappa shape index (κ2) is 4.95. The van der Waals surface area contributed by atoms with E-state index in [0.717, 1.165) is 6.26 Å². The van der Waals surface area contributed by atoms with E-state index in [9.17, 15) is 8.42 Å². The first-order valence-electron chi connectivity index (χ1n) is 4.31. The van der Waals surface area contributed by atoms with Gasteiger partial charge in [0.1, 0.15) is 0 Å². The summed E-state index contributed by atoms with van der Waals surface area (Å²) in [4.78, 5) is 0.101. The standard InChI is InChI=1S/C10H12O4S/c1-3-13-9(2)14-15(11,12)10-7-5-4-6-8-10/h3-9H,1H2,2H3. The van der Waals surface area contributed by atoms with E-state index in [1.54, 1.807) is 18.2 Å². The molecule has 0 amide bonds. The maximum atomic E-state index is 11.6. The first-order chi connectivity index (χ1) is 7.06. The Morgan fingerprint density at radius 2 is 1.93 bits per heavy atom. The van der Waals surface area contributed by atoms with Crippen molar-refractivity contribution in [3.8, 4) is 0 Å². The highest BCUT2D eigenvalue weighted by Crippen LogP contribution is 2.13. The quantitative estimate of drug-likeness (QED) is 0.439. The second-order valence-corrected chi connectivity index (χ2v) is 4.31. The molecule has 82 valence electrons. The smallest absolute Gasteiger partial charge is 0.300 e. The molecular formula is C10H12O4S. The summed E-state index contributed by atoms with van der Waals surface area (Å²) >= 11 is 0. The maximum Gasteiger partial charge on any atom is 0.300 e. The van der Waals surface area contributed by atoms with Gasteiger partial charge in [0.15, 0.2) is 0 Å². The third kappa shape index (κ3) is 3.38. The van der Waals surface area contributed by atoms with Gasteiger partial charge in [0.25, 0.3) is 10.1 Å². The molecule has 0 heterocycles. The van der Waals surface area contributed by atoms with Crippen LogP contribution in [0.15, 0.2) is 48.1 Å². The molecule has 1 rings (SSSR count). The van der Waals surface area contributed by atoms with Gasteiger partial charge < -0.3 is 4.74 Å². The van der Waals surface area contributed by atoms with Gasteiger partial charge in [0.2, 0.25) is 6.29 Å². The van der Waals surface area contributed by atoms with Crippen molar-refractivity contribution in [2.75, 3.05) is 0 Å². The molecule has 0 aliphatic heterocycles. The molecule has 0 aliphatic rings. The Morgan fingerprint density at radius 1 is 1.33 bits per heavy atom. The molecule has 0 aliphatic carbocycles. The molecule has 15 heavy (non-hydrogen) atoms. The lowest BCUT2D eigenvalue weighted by Gasteiger charge is -2.11. The van der Waals surface area contributed by atoms with Gasteiger partial charge in [-0.1, -0.05) is 24.8 Å². The molecule has 0 spiro atoms. The molecule has 0 saturated heterocycles. The molecular weight excluding hydrogens is 216 g/mol. The minimum Gasteiger partial charge on any atom is -0.472 e. The van der Waals surface area contributed by atoms with Gasteiger partial charge in [-0.3, -0.25) is 0 Å². The van der Waals surface area contributed by atoms with E-state index in [-0.39, 0.29) is 4.90 Å². The van der Waals surface area contributed by atoms with Crippen molar-refractivity contribution in [1.82, 2.24) is 0 Å². The Bertz CT molecular complexity index is 410. The number of hydrogen-bond donors (Lipinski definition) is 0. The molecule has 0 N–H and O–H groups in total. The van der Waals surface area contributed by atoms with Crippen LogP contribution in [0.5, 0.6) is 0 Å². The summed E-state index contributed by atoms with van der Waals surface area (Å²) < 4.78 is 32.7. The van der Waals surface area contributed by atoms with E-state index in [4.69, 9.17) is 8.92 Å². The van der Waals surface area contributed by atoms with Gasteiger partial charge in [-0.15, -0.1) is 0 Å². The first-order valence-corrected chi connectivity index (χ1v) is 5.72. The minimum absolute atomic E-state index is 0.101. The van der Waals surface area contributed by atoms with Crippen LogP contribution < -0.4 is 0 Å². The molecule has 1 aromatic carbocycles. The molecule has 4 nitrogen and oxygen atoms in total. The average molecular weight is 228 g/mol. The van der Waals surface area contributed by atoms with E-state index in [2.05, 4.69) is 6.58 Å². The topological polar surface area (TPSA) is 52.6 Å². The van der Waals surface area contributed by atoms with Crippen LogP contribution in [0, 0.1) is 0 Å². The second-order valence-electron chi connectivity index (χ2n) is 2.73. The summed E-state index contributed by atoms with van der Waals surface area (Å²) in [6, 6.07) is 7.87. The van der Waals surface area contributed by atoms with Crippen LogP contribution in [0.4, 0.5) is 0 Å². The normalized spacial score (nSPS) is 13.1. The molecule has 0 bridgehead atoms. The number of ether oxygens (including phenoxy) is 1. The fraction of sp³-hybridized carbons (Fsp3) is 0.200. The van der Waals surface area contributed by atoms with Crippen molar-refractivity contribution in [3.63, 3.8) is 0 Å². The monoisotopic (exact) mass is 228 g/mol. The van der Waals surface area contributed by atoms with Gasteiger partial charge in [0, 0.05) is 0 Å². The van der Waals surface area contributed by atoms with Gasteiger partial charge in [-0.05, 0) is 19.1 Å². The van der Waals surface area contributed by atoms with E-state index < -0.39 is 16.4 Å². The Morgan fingerprint density at radius 3 is 2.47 bits per heavy atom. The van der Waals surface area contributed by atoms with Crippen molar-refractivity contribution >= 4 is 10.1 Å². The van der Waals surface area contributed by atoms with Crippen LogP contribution >= 0.6 is 0 Å². The van der Waals surface area contributed by atoms with Crippen molar-refractivity contribution in [3.05, 3.63) is 43.2 Å². The maximum absolute atomic E-state index is 11.6. The Hall–Kier alpha value is -1.33. The fourth-order valence-electron chi connectivity index (χ4n) is 0.979.